The standard InChI is InChI=1S/C47H81O13P/c1-3-5-7-9-11-13-15-17-19-20-22-23-25-27-29-31-33-35-40(48)57-37-39(38-58-61(55,56)60-47-45(53)43(51)42(50)44(52)46(47)54)59-41(49)36-34-32-30-28-26-24-21-18-16-14-12-10-8-6-4-2/h11,13,17,19,22-23,26-29,39,42-47,50-54H,3-10,12,14-16,18,20-21,24-25,30-38H2,1-2H3,(H,55,56)/b13-11+,19-17+,23-22+,28-26+,29-27+/t39-,42?,43-,44?,45?,46?,47?/m0/s1. The summed E-state index contributed by atoms with van der Waals surface area (Å²) in [5.41, 5.74) is 0. The molecule has 0 radical (unpaired) electrons. The highest BCUT2D eigenvalue weighted by molar-refractivity contribution is 7.47. The van der Waals surface area contributed by atoms with E-state index < -0.39 is 75.7 Å². The molecule has 0 aromatic heterocycles. The fourth-order valence-electron chi connectivity index (χ4n) is 6.57. The summed E-state index contributed by atoms with van der Waals surface area (Å²) in [4.78, 5) is 35.6. The predicted molar refractivity (Wildman–Crippen MR) is 239 cm³/mol. The van der Waals surface area contributed by atoms with Crippen LogP contribution in [-0.4, -0.2) is 98.3 Å². The number of aliphatic hydroxyl groups excluding tert-OH is 5. The third-order valence-electron chi connectivity index (χ3n) is 10.3. The van der Waals surface area contributed by atoms with Gasteiger partial charge < -0.3 is 39.9 Å². The topological polar surface area (TPSA) is 210 Å². The van der Waals surface area contributed by atoms with E-state index >= 15 is 0 Å². The number of allylic oxidation sites excluding steroid dienone is 10. The number of rotatable bonds is 37. The third kappa shape index (κ3) is 29.5. The maximum absolute atomic E-state index is 12.8. The molecule has 13 nitrogen and oxygen atoms in total. The Morgan fingerprint density at radius 3 is 1.44 bits per heavy atom. The van der Waals surface area contributed by atoms with Crippen LogP contribution in [0.5, 0.6) is 0 Å². The van der Waals surface area contributed by atoms with Crippen LogP contribution in [0.4, 0.5) is 0 Å². The summed E-state index contributed by atoms with van der Waals surface area (Å²) >= 11 is 0. The van der Waals surface area contributed by atoms with Gasteiger partial charge in [-0.15, -0.1) is 0 Å². The van der Waals surface area contributed by atoms with Crippen molar-refractivity contribution in [1.29, 1.82) is 0 Å². The maximum Gasteiger partial charge on any atom is 0.472 e. The number of carbonyl (C=O) groups excluding carboxylic acids is 2. The molecule has 0 aliphatic heterocycles. The highest BCUT2D eigenvalue weighted by atomic mass is 31.2. The van der Waals surface area contributed by atoms with Gasteiger partial charge in [-0.1, -0.05) is 139 Å². The van der Waals surface area contributed by atoms with Crippen molar-refractivity contribution in [2.75, 3.05) is 13.2 Å². The third-order valence-corrected chi connectivity index (χ3v) is 11.3. The molecule has 1 aliphatic carbocycles. The smallest absolute Gasteiger partial charge is 0.462 e. The highest BCUT2D eigenvalue weighted by Gasteiger charge is 2.51. The summed E-state index contributed by atoms with van der Waals surface area (Å²) in [7, 11) is -5.14. The van der Waals surface area contributed by atoms with Crippen LogP contribution < -0.4 is 0 Å². The molecule has 0 bridgehead atoms. The lowest BCUT2D eigenvalue weighted by Gasteiger charge is -2.41. The number of hydrogen-bond donors (Lipinski definition) is 6. The van der Waals surface area contributed by atoms with Crippen LogP contribution in [0.15, 0.2) is 60.8 Å². The second-order valence-corrected chi connectivity index (χ2v) is 17.3. The van der Waals surface area contributed by atoms with Gasteiger partial charge in [0.15, 0.2) is 6.10 Å². The maximum atomic E-state index is 12.8. The van der Waals surface area contributed by atoms with E-state index in [-0.39, 0.29) is 12.8 Å². The van der Waals surface area contributed by atoms with E-state index in [1.165, 1.54) is 70.6 Å². The average molecular weight is 885 g/mol. The Morgan fingerprint density at radius 2 is 0.902 bits per heavy atom. The van der Waals surface area contributed by atoms with E-state index in [4.69, 9.17) is 18.5 Å². The minimum absolute atomic E-state index is 0.0530. The van der Waals surface area contributed by atoms with Crippen molar-refractivity contribution in [3.8, 4) is 0 Å². The van der Waals surface area contributed by atoms with Crippen LogP contribution in [-0.2, 0) is 32.7 Å². The lowest BCUT2D eigenvalue weighted by Crippen LogP contribution is -2.64. The zero-order valence-electron chi connectivity index (χ0n) is 37.2. The van der Waals surface area contributed by atoms with Crippen molar-refractivity contribution >= 4 is 19.8 Å². The molecule has 8 atom stereocenters. The molecule has 0 spiro atoms. The van der Waals surface area contributed by atoms with E-state index in [1.807, 2.05) is 12.2 Å². The fraction of sp³-hybridized carbons (Fsp3) is 0.745. The van der Waals surface area contributed by atoms with Crippen molar-refractivity contribution in [1.82, 2.24) is 0 Å². The van der Waals surface area contributed by atoms with Gasteiger partial charge in [-0.05, 0) is 77.0 Å². The summed E-state index contributed by atoms with van der Waals surface area (Å²) in [5, 5.41) is 50.1. The molecular weight excluding hydrogens is 803 g/mol. The Balaban J connectivity index is 2.52. The van der Waals surface area contributed by atoms with Gasteiger partial charge in [-0.3, -0.25) is 18.6 Å². The molecule has 0 aromatic carbocycles. The molecule has 0 amide bonds. The molecule has 352 valence electrons. The zero-order chi connectivity index (χ0) is 45.0. The molecule has 61 heavy (non-hydrogen) atoms. The summed E-state index contributed by atoms with van der Waals surface area (Å²) in [5.74, 6) is -1.19. The molecule has 6 unspecified atom stereocenters. The lowest BCUT2D eigenvalue weighted by molar-refractivity contribution is -0.220. The Bertz CT molecular complexity index is 1300. The summed E-state index contributed by atoms with van der Waals surface area (Å²) in [6.07, 6.45) is 31.4. The first-order valence-corrected chi connectivity index (χ1v) is 24.6. The normalized spacial score (nSPS) is 22.6. The molecule has 1 fully saturated rings. The zero-order valence-corrected chi connectivity index (χ0v) is 38.1. The largest absolute Gasteiger partial charge is 0.472 e. The monoisotopic (exact) mass is 885 g/mol. The molecule has 1 saturated carbocycles. The fourth-order valence-corrected chi connectivity index (χ4v) is 7.54. The number of carbonyl (C=O) groups is 2. The summed E-state index contributed by atoms with van der Waals surface area (Å²) < 4.78 is 33.4. The Labute approximate surface area is 366 Å². The average Bonchev–Trinajstić information content (AvgIpc) is 3.24. The van der Waals surface area contributed by atoms with Crippen LogP contribution in [0.25, 0.3) is 0 Å². The Morgan fingerprint density at radius 1 is 0.508 bits per heavy atom. The van der Waals surface area contributed by atoms with Crippen molar-refractivity contribution in [2.24, 2.45) is 0 Å². The predicted octanol–water partition coefficient (Wildman–Crippen LogP) is 8.94. The van der Waals surface area contributed by atoms with Crippen molar-refractivity contribution in [3.05, 3.63) is 60.8 Å². The number of ether oxygens (including phenoxy) is 2. The molecular formula is C47H81O13P. The van der Waals surface area contributed by atoms with Gasteiger partial charge in [0.1, 0.15) is 43.2 Å². The first-order chi connectivity index (χ1) is 29.4. The minimum atomic E-state index is -5.14. The van der Waals surface area contributed by atoms with E-state index in [0.29, 0.717) is 19.3 Å². The number of unbranched alkanes of at least 4 members (excludes halogenated alkanes) is 15. The van der Waals surface area contributed by atoms with Crippen LogP contribution in [0.3, 0.4) is 0 Å². The van der Waals surface area contributed by atoms with Gasteiger partial charge in [0, 0.05) is 12.8 Å². The summed E-state index contributed by atoms with van der Waals surface area (Å²) in [6, 6.07) is 0. The van der Waals surface area contributed by atoms with E-state index in [0.717, 1.165) is 51.4 Å². The quantitative estimate of drug-likeness (QED) is 0.0149. The number of phosphoric ester groups is 1. The second-order valence-electron chi connectivity index (χ2n) is 15.9. The second kappa shape index (κ2) is 37.0. The number of phosphoric acid groups is 1. The SMILES string of the molecule is CCCCC/C=C/C/C=C/C/C=C/C/C=C/CCCC(=O)OC[C@@H](COP(=O)(O)OC1C(O)C(O)C(O)[C@H](O)C1O)OC(=O)CCCC/C=C/CCCCCCCCCCC. The number of esters is 2. The molecule has 0 aromatic rings. The molecule has 1 aliphatic rings. The van der Waals surface area contributed by atoms with Crippen molar-refractivity contribution in [2.45, 2.75) is 211 Å². The molecule has 0 saturated heterocycles. The Kier molecular flexibility index (Phi) is 34.3. The molecule has 6 N–H and O–H groups in total. The van der Waals surface area contributed by atoms with Crippen LogP contribution >= 0.6 is 7.82 Å². The number of hydrogen-bond acceptors (Lipinski definition) is 12. The first-order valence-electron chi connectivity index (χ1n) is 23.1. The lowest BCUT2D eigenvalue weighted by atomic mass is 9.85. The van der Waals surface area contributed by atoms with Gasteiger partial charge in [0.25, 0.3) is 0 Å². The Hall–Kier alpha value is -2.45. The van der Waals surface area contributed by atoms with E-state index in [9.17, 15) is 44.6 Å². The molecule has 0 heterocycles. The van der Waals surface area contributed by atoms with Crippen LogP contribution in [0, 0.1) is 0 Å². The van der Waals surface area contributed by atoms with Gasteiger partial charge in [0.05, 0.1) is 6.61 Å². The van der Waals surface area contributed by atoms with Gasteiger partial charge >= 0.3 is 19.8 Å². The van der Waals surface area contributed by atoms with E-state index in [1.54, 1.807) is 0 Å². The molecule has 1 rings (SSSR count). The van der Waals surface area contributed by atoms with Crippen LogP contribution in [0.2, 0.25) is 0 Å². The highest BCUT2D eigenvalue weighted by Crippen LogP contribution is 2.47. The summed E-state index contributed by atoms with van der Waals surface area (Å²) in [6.45, 7) is 3.20. The van der Waals surface area contributed by atoms with Crippen molar-refractivity contribution < 1.29 is 63.1 Å². The van der Waals surface area contributed by atoms with Crippen molar-refractivity contribution in [3.63, 3.8) is 0 Å². The van der Waals surface area contributed by atoms with Gasteiger partial charge in [0.2, 0.25) is 0 Å². The molecule has 14 heteroatoms. The minimum Gasteiger partial charge on any atom is -0.462 e. The van der Waals surface area contributed by atoms with Gasteiger partial charge in [-0.25, -0.2) is 4.57 Å². The van der Waals surface area contributed by atoms with E-state index in [2.05, 4.69) is 62.5 Å². The van der Waals surface area contributed by atoms with Gasteiger partial charge in [-0.2, -0.15) is 0 Å². The van der Waals surface area contributed by atoms with Crippen LogP contribution in [0.1, 0.15) is 168 Å². The number of aliphatic hydroxyl groups is 5. The first kappa shape index (κ1) is 56.6.